The summed E-state index contributed by atoms with van der Waals surface area (Å²) in [6.07, 6.45) is 5.46. The molecule has 5 nitrogen and oxygen atoms in total. The van der Waals surface area contributed by atoms with Crippen LogP contribution in [-0.2, 0) is 11.3 Å². The van der Waals surface area contributed by atoms with Crippen LogP contribution in [0.1, 0.15) is 18.4 Å². The molecule has 2 aromatic rings. The smallest absolute Gasteiger partial charge is 0.320 e. The average molecular weight is 271 g/mol. The standard InChI is InChI=1S/C15H17N3O2/c19-15(20)14-7-4-8-17(14)10-12-9-16-18(11-12)13-5-2-1-3-6-13/h1-3,5-6,9,11,14H,4,7-8,10H2,(H,19,20). The number of rotatable bonds is 4. The fourth-order valence-corrected chi connectivity index (χ4v) is 2.69. The summed E-state index contributed by atoms with van der Waals surface area (Å²) in [6.45, 7) is 1.48. The molecule has 1 aromatic carbocycles. The topological polar surface area (TPSA) is 58.4 Å². The van der Waals surface area contributed by atoms with Crippen molar-refractivity contribution in [1.29, 1.82) is 0 Å². The number of hydrogen-bond acceptors (Lipinski definition) is 3. The second-order valence-corrected chi connectivity index (χ2v) is 5.10. The van der Waals surface area contributed by atoms with E-state index < -0.39 is 5.97 Å². The highest BCUT2D eigenvalue weighted by Gasteiger charge is 2.30. The Morgan fingerprint density at radius 3 is 2.90 bits per heavy atom. The minimum absolute atomic E-state index is 0.352. The largest absolute Gasteiger partial charge is 0.480 e. The maximum Gasteiger partial charge on any atom is 0.320 e. The zero-order chi connectivity index (χ0) is 13.9. The second-order valence-electron chi connectivity index (χ2n) is 5.10. The molecule has 0 amide bonds. The molecule has 1 aromatic heterocycles. The van der Waals surface area contributed by atoms with Crippen molar-refractivity contribution in [3.63, 3.8) is 0 Å². The van der Waals surface area contributed by atoms with Gasteiger partial charge in [-0.05, 0) is 31.5 Å². The first-order valence-corrected chi connectivity index (χ1v) is 6.80. The molecule has 20 heavy (non-hydrogen) atoms. The SMILES string of the molecule is O=C(O)C1CCCN1Cc1cnn(-c2ccccc2)c1. The number of para-hydroxylation sites is 1. The summed E-state index contributed by atoms with van der Waals surface area (Å²) in [5.74, 6) is -0.724. The van der Waals surface area contributed by atoms with Gasteiger partial charge in [-0.3, -0.25) is 9.69 Å². The first kappa shape index (κ1) is 12.9. The molecule has 0 aliphatic carbocycles. The van der Waals surface area contributed by atoms with Crippen LogP contribution in [0, 0.1) is 0 Å². The Labute approximate surface area is 117 Å². The van der Waals surface area contributed by atoms with Crippen molar-refractivity contribution < 1.29 is 9.90 Å². The predicted molar refractivity (Wildman–Crippen MR) is 74.6 cm³/mol. The fourth-order valence-electron chi connectivity index (χ4n) is 2.69. The van der Waals surface area contributed by atoms with E-state index in [9.17, 15) is 9.90 Å². The Morgan fingerprint density at radius 2 is 2.15 bits per heavy atom. The quantitative estimate of drug-likeness (QED) is 0.923. The minimum atomic E-state index is -0.724. The van der Waals surface area contributed by atoms with E-state index in [1.165, 1.54) is 0 Å². The van der Waals surface area contributed by atoms with E-state index >= 15 is 0 Å². The molecule has 104 valence electrons. The molecule has 3 rings (SSSR count). The molecule has 1 saturated heterocycles. The Morgan fingerprint density at radius 1 is 1.35 bits per heavy atom. The Bertz CT molecular complexity index is 594. The summed E-state index contributed by atoms with van der Waals surface area (Å²) in [6, 6.07) is 9.54. The number of hydrogen-bond donors (Lipinski definition) is 1. The summed E-state index contributed by atoms with van der Waals surface area (Å²) in [4.78, 5) is 13.2. The molecule has 1 aliphatic rings. The molecule has 0 saturated carbocycles. The van der Waals surface area contributed by atoms with Gasteiger partial charge in [0.1, 0.15) is 6.04 Å². The maximum absolute atomic E-state index is 11.2. The van der Waals surface area contributed by atoms with E-state index in [1.54, 1.807) is 0 Å². The third-order valence-electron chi connectivity index (χ3n) is 3.69. The Balaban J connectivity index is 1.73. The molecule has 0 bridgehead atoms. The van der Waals surface area contributed by atoms with Gasteiger partial charge in [-0.15, -0.1) is 0 Å². The van der Waals surface area contributed by atoms with Crippen molar-refractivity contribution in [2.24, 2.45) is 0 Å². The van der Waals surface area contributed by atoms with E-state index in [2.05, 4.69) is 5.10 Å². The summed E-state index contributed by atoms with van der Waals surface area (Å²) in [7, 11) is 0. The lowest BCUT2D eigenvalue weighted by molar-refractivity contribution is -0.142. The van der Waals surface area contributed by atoms with Gasteiger partial charge in [-0.1, -0.05) is 18.2 Å². The number of carboxylic acid groups (broad SMARTS) is 1. The van der Waals surface area contributed by atoms with Gasteiger partial charge < -0.3 is 5.11 Å². The summed E-state index contributed by atoms with van der Waals surface area (Å²) >= 11 is 0. The van der Waals surface area contributed by atoms with Crippen LogP contribution in [0.25, 0.3) is 5.69 Å². The van der Waals surface area contributed by atoms with Crippen molar-refractivity contribution in [3.05, 3.63) is 48.3 Å². The minimum Gasteiger partial charge on any atom is -0.480 e. The summed E-state index contributed by atoms with van der Waals surface area (Å²) < 4.78 is 1.82. The van der Waals surface area contributed by atoms with Gasteiger partial charge in [0, 0.05) is 18.3 Å². The van der Waals surface area contributed by atoms with E-state index in [4.69, 9.17) is 0 Å². The first-order chi connectivity index (χ1) is 9.74. The Kier molecular flexibility index (Phi) is 3.52. The molecule has 1 N–H and O–H groups in total. The molecule has 2 heterocycles. The van der Waals surface area contributed by atoms with Gasteiger partial charge in [0.2, 0.25) is 0 Å². The lowest BCUT2D eigenvalue weighted by Gasteiger charge is -2.19. The molecule has 0 spiro atoms. The van der Waals surface area contributed by atoms with Gasteiger partial charge in [-0.2, -0.15) is 5.10 Å². The number of benzene rings is 1. The van der Waals surface area contributed by atoms with Crippen LogP contribution in [0.3, 0.4) is 0 Å². The Hall–Kier alpha value is -2.14. The highest BCUT2D eigenvalue weighted by molar-refractivity contribution is 5.73. The summed E-state index contributed by atoms with van der Waals surface area (Å²) in [5, 5.41) is 13.5. The van der Waals surface area contributed by atoms with Gasteiger partial charge >= 0.3 is 5.97 Å². The van der Waals surface area contributed by atoms with Crippen LogP contribution < -0.4 is 0 Å². The normalized spacial score (nSPS) is 19.3. The van der Waals surface area contributed by atoms with Crippen molar-refractivity contribution >= 4 is 5.97 Å². The van der Waals surface area contributed by atoms with Crippen LogP contribution in [0.15, 0.2) is 42.7 Å². The maximum atomic E-state index is 11.2. The number of aliphatic carboxylic acids is 1. The molecular weight excluding hydrogens is 254 g/mol. The monoisotopic (exact) mass is 271 g/mol. The second kappa shape index (κ2) is 5.46. The van der Waals surface area contributed by atoms with Gasteiger partial charge in [-0.25, -0.2) is 4.68 Å². The van der Waals surface area contributed by atoms with Crippen molar-refractivity contribution in [3.8, 4) is 5.69 Å². The number of aromatic nitrogens is 2. The molecule has 0 radical (unpaired) electrons. The number of carboxylic acids is 1. The predicted octanol–water partition coefficient (Wildman–Crippen LogP) is 1.92. The third kappa shape index (κ3) is 2.58. The molecule has 1 atom stereocenters. The molecular formula is C15H17N3O2. The highest BCUT2D eigenvalue weighted by atomic mass is 16.4. The van der Waals surface area contributed by atoms with Crippen molar-refractivity contribution in [1.82, 2.24) is 14.7 Å². The van der Waals surface area contributed by atoms with Crippen LogP contribution in [-0.4, -0.2) is 38.3 Å². The van der Waals surface area contributed by atoms with Gasteiger partial charge in [0.25, 0.3) is 0 Å². The van der Waals surface area contributed by atoms with Crippen molar-refractivity contribution in [2.75, 3.05) is 6.54 Å². The number of carbonyl (C=O) groups is 1. The van der Waals surface area contributed by atoms with E-state index in [0.717, 1.165) is 30.6 Å². The van der Waals surface area contributed by atoms with Crippen LogP contribution in [0.5, 0.6) is 0 Å². The van der Waals surface area contributed by atoms with E-state index in [1.807, 2.05) is 52.3 Å². The molecule has 1 aliphatic heterocycles. The number of likely N-dealkylation sites (tertiary alicyclic amines) is 1. The van der Waals surface area contributed by atoms with Crippen molar-refractivity contribution in [2.45, 2.75) is 25.4 Å². The van der Waals surface area contributed by atoms with Gasteiger partial charge in [0.15, 0.2) is 0 Å². The van der Waals surface area contributed by atoms with E-state index in [-0.39, 0.29) is 6.04 Å². The molecule has 1 unspecified atom stereocenters. The fraction of sp³-hybridized carbons (Fsp3) is 0.333. The molecule has 1 fully saturated rings. The van der Waals surface area contributed by atoms with E-state index in [0.29, 0.717) is 6.54 Å². The third-order valence-corrected chi connectivity index (χ3v) is 3.69. The summed E-state index contributed by atoms with van der Waals surface area (Å²) in [5.41, 5.74) is 2.05. The van der Waals surface area contributed by atoms with Crippen LogP contribution in [0.4, 0.5) is 0 Å². The number of nitrogens with zero attached hydrogens (tertiary/aromatic N) is 3. The average Bonchev–Trinajstić information content (AvgIpc) is 3.09. The van der Waals surface area contributed by atoms with Crippen LogP contribution in [0.2, 0.25) is 0 Å². The zero-order valence-electron chi connectivity index (χ0n) is 11.1. The first-order valence-electron chi connectivity index (χ1n) is 6.80. The lowest BCUT2D eigenvalue weighted by atomic mass is 10.2. The van der Waals surface area contributed by atoms with Crippen LogP contribution >= 0.6 is 0 Å². The lowest BCUT2D eigenvalue weighted by Crippen LogP contribution is -2.35. The van der Waals surface area contributed by atoms with Gasteiger partial charge in [0.05, 0.1) is 11.9 Å². The zero-order valence-corrected chi connectivity index (χ0v) is 11.1. The molecule has 5 heteroatoms. The highest BCUT2D eigenvalue weighted by Crippen LogP contribution is 2.20.